The molecule has 0 saturated carbocycles. The van der Waals surface area contributed by atoms with Crippen LogP contribution in [0.2, 0.25) is 0 Å². The third kappa shape index (κ3) is 29.9. The number of rotatable bonds is 4. The molecule has 1 rings (SSSR count). The van der Waals surface area contributed by atoms with Crippen molar-refractivity contribution in [1.82, 2.24) is 0 Å². The summed E-state index contributed by atoms with van der Waals surface area (Å²) in [6.45, 7) is 8.46. The summed E-state index contributed by atoms with van der Waals surface area (Å²) in [4.78, 5) is 19.7. The summed E-state index contributed by atoms with van der Waals surface area (Å²) in [7, 11) is 0. The molecule has 0 radical (unpaired) electrons. The fourth-order valence-corrected chi connectivity index (χ4v) is 0.869. The Hall–Kier alpha value is -2.70. The highest BCUT2D eigenvalue weighted by molar-refractivity contribution is 5.84. The number of carboxylic acids is 2. The molecule has 140 valence electrons. The number of aliphatic hydroxyl groups is 2. The smallest absolute Gasteiger partial charge is 0.330 e. The molecule has 1 aromatic carbocycles. The monoisotopic (exact) mass is 352 g/mol. The molecule has 6 heteroatoms. The van der Waals surface area contributed by atoms with Crippen molar-refractivity contribution >= 4 is 18.0 Å². The molecule has 6 nitrogen and oxygen atoms in total. The maximum Gasteiger partial charge on any atom is 0.330 e. The Morgan fingerprint density at radius 2 is 1.40 bits per heavy atom. The largest absolute Gasteiger partial charge is 0.478 e. The van der Waals surface area contributed by atoms with Crippen molar-refractivity contribution in [3.05, 3.63) is 66.3 Å². The first-order valence-corrected chi connectivity index (χ1v) is 7.49. The molecule has 0 spiro atoms. The molecule has 0 amide bonds. The number of aliphatic carboxylic acids is 2. The van der Waals surface area contributed by atoms with Gasteiger partial charge in [-0.05, 0) is 26.3 Å². The Bertz CT molecular complexity index is 504. The Labute approximate surface area is 149 Å². The Morgan fingerprint density at radius 1 is 1.00 bits per heavy atom. The second-order valence-electron chi connectivity index (χ2n) is 4.19. The second kappa shape index (κ2) is 21.3. The molecule has 0 aromatic heterocycles. The third-order valence-electron chi connectivity index (χ3n) is 1.80. The van der Waals surface area contributed by atoms with E-state index < -0.39 is 11.9 Å². The van der Waals surface area contributed by atoms with E-state index in [0.29, 0.717) is 0 Å². The summed E-state index contributed by atoms with van der Waals surface area (Å²) < 4.78 is 0. The van der Waals surface area contributed by atoms with Crippen molar-refractivity contribution in [1.29, 1.82) is 0 Å². The van der Waals surface area contributed by atoms with Gasteiger partial charge in [-0.15, -0.1) is 0 Å². The molecule has 1 aromatic rings. The van der Waals surface area contributed by atoms with E-state index in [0.717, 1.165) is 11.6 Å². The number of carbonyl (C=O) groups is 2. The fraction of sp³-hybridized carbons (Fsp3) is 0.263. The minimum Gasteiger partial charge on any atom is -0.478 e. The fourth-order valence-electron chi connectivity index (χ4n) is 0.869. The van der Waals surface area contributed by atoms with Gasteiger partial charge >= 0.3 is 11.9 Å². The molecule has 0 saturated heterocycles. The topological polar surface area (TPSA) is 115 Å². The van der Waals surface area contributed by atoms with Crippen LogP contribution in [-0.2, 0) is 9.59 Å². The summed E-state index contributed by atoms with van der Waals surface area (Å²) in [5.41, 5.74) is 1.23. The lowest BCUT2D eigenvalue weighted by Gasteiger charge is -1.87. The second-order valence-corrected chi connectivity index (χ2v) is 4.19. The van der Waals surface area contributed by atoms with Crippen molar-refractivity contribution in [2.45, 2.75) is 20.8 Å². The zero-order valence-electron chi connectivity index (χ0n) is 14.9. The average molecular weight is 352 g/mol. The van der Waals surface area contributed by atoms with E-state index in [1.165, 1.54) is 13.0 Å². The van der Waals surface area contributed by atoms with E-state index in [2.05, 4.69) is 6.58 Å². The molecule has 0 fully saturated rings. The van der Waals surface area contributed by atoms with Gasteiger partial charge in [-0.3, -0.25) is 0 Å². The lowest BCUT2D eigenvalue weighted by Crippen LogP contribution is -1.92. The highest BCUT2D eigenvalue weighted by Crippen LogP contribution is 2.00. The number of hydrogen-bond donors (Lipinski definition) is 4. The highest BCUT2D eigenvalue weighted by Gasteiger charge is 1.90. The normalized spacial score (nSPS) is 9.00. The average Bonchev–Trinajstić information content (AvgIpc) is 2.54. The van der Waals surface area contributed by atoms with Gasteiger partial charge in [-0.2, -0.15) is 0 Å². The molecular formula is C19H28O6. The van der Waals surface area contributed by atoms with E-state index in [4.69, 9.17) is 20.4 Å². The molecule has 25 heavy (non-hydrogen) atoms. The zero-order chi connectivity index (χ0) is 20.1. The highest BCUT2D eigenvalue weighted by atomic mass is 16.4. The van der Waals surface area contributed by atoms with Gasteiger partial charge in [0, 0.05) is 24.9 Å². The predicted octanol–water partition coefficient (Wildman–Crippen LogP) is 2.98. The van der Waals surface area contributed by atoms with Crippen LogP contribution in [0, 0.1) is 0 Å². The maximum absolute atomic E-state index is 10.1. The van der Waals surface area contributed by atoms with Crippen LogP contribution in [0.1, 0.15) is 26.3 Å². The van der Waals surface area contributed by atoms with E-state index in [9.17, 15) is 9.59 Å². The minimum absolute atomic E-state index is 0.176. The van der Waals surface area contributed by atoms with Crippen LogP contribution in [-0.4, -0.2) is 45.6 Å². The van der Waals surface area contributed by atoms with E-state index in [-0.39, 0.29) is 18.8 Å². The Kier molecular flexibility index (Phi) is 23.1. The molecule has 0 heterocycles. The first kappa shape index (κ1) is 27.2. The van der Waals surface area contributed by atoms with Crippen LogP contribution in [0.4, 0.5) is 0 Å². The molecule has 0 atom stereocenters. The zero-order valence-corrected chi connectivity index (χ0v) is 14.9. The van der Waals surface area contributed by atoms with Crippen LogP contribution >= 0.6 is 0 Å². The number of benzene rings is 1. The van der Waals surface area contributed by atoms with Gasteiger partial charge < -0.3 is 20.4 Å². The van der Waals surface area contributed by atoms with Crippen LogP contribution in [0.15, 0.2) is 60.7 Å². The first-order chi connectivity index (χ1) is 11.8. The number of carboxylic acid groups (broad SMARTS) is 2. The Balaban J connectivity index is -0.000000336. The molecule has 0 bridgehead atoms. The molecular weight excluding hydrogens is 324 g/mol. The van der Waals surface area contributed by atoms with Crippen LogP contribution in [0.3, 0.4) is 0 Å². The van der Waals surface area contributed by atoms with Crippen molar-refractivity contribution in [3.8, 4) is 0 Å². The number of aliphatic hydroxyl groups excluding tert-OH is 2. The quantitative estimate of drug-likeness (QED) is 0.489. The minimum atomic E-state index is -0.935. The number of allylic oxidation sites excluding steroid dienone is 2. The predicted molar refractivity (Wildman–Crippen MR) is 100 cm³/mol. The summed E-state index contributed by atoms with van der Waals surface area (Å²) in [5.74, 6) is -1.87. The van der Waals surface area contributed by atoms with Gasteiger partial charge in [0.2, 0.25) is 0 Å². The summed E-state index contributed by atoms with van der Waals surface area (Å²) in [6.07, 6.45) is 6.14. The molecule has 0 aliphatic heterocycles. The lowest BCUT2D eigenvalue weighted by molar-refractivity contribution is -0.133. The van der Waals surface area contributed by atoms with E-state index >= 15 is 0 Å². The summed E-state index contributed by atoms with van der Waals surface area (Å²) in [6, 6.07) is 9.70. The lowest BCUT2D eigenvalue weighted by atomic mass is 10.2. The summed E-state index contributed by atoms with van der Waals surface area (Å²) in [5, 5.41) is 31.3. The van der Waals surface area contributed by atoms with Crippen LogP contribution in [0.5, 0.6) is 0 Å². The first-order valence-electron chi connectivity index (χ1n) is 7.49. The molecule has 0 aliphatic rings. The van der Waals surface area contributed by atoms with Crippen molar-refractivity contribution in [2.75, 3.05) is 13.2 Å². The van der Waals surface area contributed by atoms with Crippen LogP contribution in [0.25, 0.3) is 6.08 Å². The SMILES string of the molecule is C=C(C)C(=O)O.CCO.CCO.O=C(O)C=CC=Cc1ccccc1. The maximum atomic E-state index is 10.1. The molecule has 0 aliphatic carbocycles. The Morgan fingerprint density at radius 3 is 1.72 bits per heavy atom. The number of hydrogen-bond acceptors (Lipinski definition) is 4. The third-order valence-corrected chi connectivity index (χ3v) is 1.80. The van der Waals surface area contributed by atoms with E-state index in [1.54, 1.807) is 19.9 Å². The van der Waals surface area contributed by atoms with Crippen molar-refractivity contribution < 1.29 is 30.0 Å². The van der Waals surface area contributed by atoms with Gasteiger partial charge in [-0.1, -0.05) is 55.1 Å². The van der Waals surface area contributed by atoms with Crippen molar-refractivity contribution in [2.24, 2.45) is 0 Å². The summed E-state index contributed by atoms with van der Waals surface area (Å²) >= 11 is 0. The van der Waals surface area contributed by atoms with Gasteiger partial charge in [0.25, 0.3) is 0 Å². The van der Waals surface area contributed by atoms with Gasteiger partial charge in [0.15, 0.2) is 0 Å². The van der Waals surface area contributed by atoms with Crippen LogP contribution < -0.4 is 0 Å². The molecule has 0 unspecified atom stereocenters. The van der Waals surface area contributed by atoms with Gasteiger partial charge in [0.05, 0.1) is 0 Å². The van der Waals surface area contributed by atoms with Gasteiger partial charge in [0.1, 0.15) is 0 Å². The standard InChI is InChI=1S/C11H10O2.C4H6O2.2C2H6O/c12-11(13)9-5-4-8-10-6-2-1-3-7-10;1-3(2)4(5)6;2*1-2-3/h1-9H,(H,12,13);1H2,2H3,(H,5,6);2*3H,2H2,1H3. The molecule has 4 N–H and O–H groups in total. The van der Waals surface area contributed by atoms with Gasteiger partial charge in [-0.25, -0.2) is 9.59 Å². The van der Waals surface area contributed by atoms with Crippen molar-refractivity contribution in [3.63, 3.8) is 0 Å². The van der Waals surface area contributed by atoms with E-state index in [1.807, 2.05) is 36.4 Å².